The quantitative estimate of drug-likeness (QED) is 0.710. The van der Waals surface area contributed by atoms with E-state index < -0.39 is 0 Å². The number of hydrogen-bond donors (Lipinski definition) is 2. The predicted molar refractivity (Wildman–Crippen MR) is 54.5 cm³/mol. The van der Waals surface area contributed by atoms with Crippen LogP contribution in [0, 0.1) is 11.8 Å². The molecule has 2 rings (SSSR count). The average Bonchev–Trinajstić information content (AvgIpc) is 2.19. The highest BCUT2D eigenvalue weighted by molar-refractivity contribution is 5.32. The number of phenolic OH excluding ortho intramolecular Hbond substituents is 1. The minimum atomic E-state index is -0.103. The summed E-state index contributed by atoms with van der Waals surface area (Å²) in [6.45, 7) is 3.50. The molecule has 1 aromatic carbocycles. The molecule has 1 aliphatic rings. The van der Waals surface area contributed by atoms with Crippen LogP contribution < -0.4 is 5.73 Å². The summed E-state index contributed by atoms with van der Waals surface area (Å²) in [5.74, 6) is 0.307. The Labute approximate surface area is 83.8 Å². The van der Waals surface area contributed by atoms with Gasteiger partial charge in [-0.3, -0.25) is 0 Å². The van der Waals surface area contributed by atoms with E-state index in [4.69, 9.17) is 16.1 Å². The van der Waals surface area contributed by atoms with Crippen molar-refractivity contribution in [2.75, 3.05) is 0 Å². The topological polar surface area (TPSA) is 70.0 Å². The van der Waals surface area contributed by atoms with Crippen molar-refractivity contribution >= 4 is 0 Å². The molecule has 0 heterocycles. The van der Waals surface area contributed by atoms with Crippen LogP contribution in [0.25, 0.3) is 0 Å². The lowest BCUT2D eigenvalue weighted by Gasteiger charge is -2.38. The second-order valence-electron chi connectivity index (χ2n) is 3.56. The molecule has 0 amide bonds. The normalized spacial score (nSPS) is 17.4. The highest BCUT2D eigenvalue weighted by Crippen LogP contribution is 2.38. The summed E-state index contributed by atoms with van der Waals surface area (Å²) in [6.07, 6.45) is 3.35. The molecule has 0 aromatic heterocycles. The lowest BCUT2D eigenvalue weighted by atomic mass is 9.73. The van der Waals surface area contributed by atoms with E-state index in [0.29, 0.717) is 5.75 Å². The van der Waals surface area contributed by atoms with Crippen LogP contribution in [0.5, 0.6) is 5.75 Å². The third-order valence-electron chi connectivity index (χ3n) is 2.69. The van der Waals surface area contributed by atoms with Gasteiger partial charge in [0.15, 0.2) is 0 Å². The number of nitriles is 1. The summed E-state index contributed by atoms with van der Waals surface area (Å²) < 4.78 is 0. The zero-order valence-electron chi connectivity index (χ0n) is 7.98. The van der Waals surface area contributed by atoms with Crippen molar-refractivity contribution in [3.05, 3.63) is 29.8 Å². The minimum Gasteiger partial charge on any atom is -0.508 e. The van der Waals surface area contributed by atoms with Crippen LogP contribution >= 0.6 is 0 Å². The first kappa shape index (κ1) is 10.6. The summed E-state index contributed by atoms with van der Waals surface area (Å²) >= 11 is 0. The maximum Gasteiger partial charge on any atom is 0.115 e. The monoisotopic (exact) mass is 190 g/mol. The number of benzene rings is 1. The molecule has 0 bridgehead atoms. The lowest BCUT2D eigenvalue weighted by Crippen LogP contribution is -2.43. The number of nitrogens with two attached hydrogens (primary N) is 1. The van der Waals surface area contributed by atoms with Gasteiger partial charge < -0.3 is 10.8 Å². The van der Waals surface area contributed by atoms with Gasteiger partial charge in [-0.25, -0.2) is 5.26 Å². The van der Waals surface area contributed by atoms with Crippen molar-refractivity contribution in [3.8, 4) is 12.3 Å². The molecule has 1 saturated carbocycles. The largest absolute Gasteiger partial charge is 0.508 e. The third kappa shape index (κ3) is 1.86. The van der Waals surface area contributed by atoms with Gasteiger partial charge in [-0.15, -0.1) is 0 Å². The predicted octanol–water partition coefficient (Wildman–Crippen LogP) is 1.87. The van der Waals surface area contributed by atoms with E-state index in [1.807, 2.05) is 12.1 Å². The summed E-state index contributed by atoms with van der Waals surface area (Å²) in [7, 11) is 0. The molecular formula is C11H14N2O. The van der Waals surface area contributed by atoms with Crippen molar-refractivity contribution in [2.24, 2.45) is 5.73 Å². The first-order valence-electron chi connectivity index (χ1n) is 4.55. The van der Waals surface area contributed by atoms with E-state index in [9.17, 15) is 0 Å². The van der Waals surface area contributed by atoms with E-state index in [1.54, 1.807) is 12.1 Å². The summed E-state index contributed by atoms with van der Waals surface area (Å²) in [5.41, 5.74) is 7.13. The zero-order chi connectivity index (χ0) is 10.6. The molecule has 1 aliphatic carbocycles. The smallest absolute Gasteiger partial charge is 0.115 e. The van der Waals surface area contributed by atoms with Crippen molar-refractivity contribution < 1.29 is 5.11 Å². The fourth-order valence-corrected chi connectivity index (χ4v) is 1.64. The van der Waals surface area contributed by atoms with E-state index in [2.05, 4.69) is 6.57 Å². The lowest BCUT2D eigenvalue weighted by molar-refractivity contribution is 0.253. The Morgan fingerprint density at radius 3 is 2.07 bits per heavy atom. The zero-order valence-corrected chi connectivity index (χ0v) is 7.98. The summed E-state index contributed by atoms with van der Waals surface area (Å²) in [5, 5.41) is 15.6. The maximum absolute atomic E-state index is 9.07. The minimum absolute atomic E-state index is 0.103. The van der Waals surface area contributed by atoms with E-state index in [0.717, 1.165) is 18.4 Å². The number of aromatic hydroxyl groups is 1. The average molecular weight is 190 g/mol. The van der Waals surface area contributed by atoms with Gasteiger partial charge in [-0.05, 0) is 37.0 Å². The Balaban J connectivity index is 0.000000461. The molecular weight excluding hydrogens is 176 g/mol. The Bertz CT molecular complexity index is 312. The number of phenols is 1. The van der Waals surface area contributed by atoms with Gasteiger partial charge in [0.25, 0.3) is 0 Å². The Hall–Kier alpha value is -1.53. The van der Waals surface area contributed by atoms with Crippen LogP contribution in [0.2, 0.25) is 0 Å². The molecule has 0 aliphatic heterocycles. The second-order valence-corrected chi connectivity index (χ2v) is 3.56. The Morgan fingerprint density at radius 2 is 1.71 bits per heavy atom. The first-order valence-corrected chi connectivity index (χ1v) is 4.55. The van der Waals surface area contributed by atoms with Gasteiger partial charge in [-0.2, -0.15) is 0 Å². The van der Waals surface area contributed by atoms with Gasteiger partial charge in [0.05, 0.1) is 0 Å². The van der Waals surface area contributed by atoms with E-state index in [1.165, 1.54) is 6.42 Å². The standard InChI is InChI=1S/C10H13NO.CHN/c11-10(6-1-7-10)8-2-4-9(12)5-3-8;1-2/h2-5,12H,1,6-7,11H2;1H. The van der Waals surface area contributed by atoms with Crippen LogP contribution in [0.1, 0.15) is 24.8 Å². The molecule has 1 aromatic rings. The van der Waals surface area contributed by atoms with Crippen LogP contribution in [-0.4, -0.2) is 5.11 Å². The molecule has 3 N–H and O–H groups in total. The fraction of sp³-hybridized carbons (Fsp3) is 0.364. The van der Waals surface area contributed by atoms with Gasteiger partial charge in [0, 0.05) is 12.1 Å². The first-order chi connectivity index (χ1) is 6.71. The van der Waals surface area contributed by atoms with Crippen LogP contribution in [0.4, 0.5) is 0 Å². The molecule has 0 saturated heterocycles. The van der Waals surface area contributed by atoms with Gasteiger partial charge in [0.1, 0.15) is 5.75 Å². The number of hydrogen-bond acceptors (Lipinski definition) is 3. The molecule has 3 nitrogen and oxygen atoms in total. The van der Waals surface area contributed by atoms with Gasteiger partial charge >= 0.3 is 0 Å². The second kappa shape index (κ2) is 4.12. The van der Waals surface area contributed by atoms with Crippen molar-refractivity contribution in [1.29, 1.82) is 5.26 Å². The van der Waals surface area contributed by atoms with Crippen LogP contribution in [0.3, 0.4) is 0 Å². The molecule has 1 fully saturated rings. The van der Waals surface area contributed by atoms with Crippen LogP contribution in [-0.2, 0) is 5.54 Å². The van der Waals surface area contributed by atoms with E-state index >= 15 is 0 Å². The van der Waals surface area contributed by atoms with Crippen molar-refractivity contribution in [1.82, 2.24) is 0 Å². The highest BCUT2D eigenvalue weighted by atomic mass is 16.3. The number of nitrogens with zero attached hydrogens (tertiary/aromatic N) is 1. The molecule has 0 atom stereocenters. The number of rotatable bonds is 1. The Kier molecular flexibility index (Phi) is 3.10. The molecule has 0 radical (unpaired) electrons. The Morgan fingerprint density at radius 1 is 1.21 bits per heavy atom. The maximum atomic E-state index is 9.07. The molecule has 0 spiro atoms. The molecule has 74 valence electrons. The molecule has 3 heteroatoms. The molecule has 14 heavy (non-hydrogen) atoms. The van der Waals surface area contributed by atoms with E-state index in [-0.39, 0.29) is 5.54 Å². The molecule has 0 unspecified atom stereocenters. The SMILES string of the molecule is C#N.NC1(c2ccc(O)cc2)CCC1. The van der Waals surface area contributed by atoms with Crippen molar-refractivity contribution in [3.63, 3.8) is 0 Å². The third-order valence-corrected chi connectivity index (χ3v) is 2.69. The highest BCUT2D eigenvalue weighted by Gasteiger charge is 2.33. The fourth-order valence-electron chi connectivity index (χ4n) is 1.64. The van der Waals surface area contributed by atoms with Gasteiger partial charge in [-0.1, -0.05) is 12.1 Å². The summed E-state index contributed by atoms with van der Waals surface area (Å²) in [6, 6.07) is 7.22. The van der Waals surface area contributed by atoms with Crippen LogP contribution in [0.15, 0.2) is 24.3 Å². The van der Waals surface area contributed by atoms with Gasteiger partial charge in [0.2, 0.25) is 0 Å². The van der Waals surface area contributed by atoms with Crippen molar-refractivity contribution in [2.45, 2.75) is 24.8 Å². The summed E-state index contributed by atoms with van der Waals surface area (Å²) in [4.78, 5) is 0.